The van der Waals surface area contributed by atoms with Crippen molar-refractivity contribution >= 4 is 11.6 Å². The monoisotopic (exact) mass is 218 g/mol. The number of hydrogen-bond acceptors (Lipinski definition) is 1. The molecule has 14 heavy (non-hydrogen) atoms. The maximum absolute atomic E-state index is 13.3. The van der Waals surface area contributed by atoms with Crippen LogP contribution in [0.5, 0.6) is 0 Å². The van der Waals surface area contributed by atoms with E-state index in [2.05, 4.69) is 0 Å². The van der Waals surface area contributed by atoms with Crippen molar-refractivity contribution < 1.29 is 13.9 Å². The fourth-order valence-electron chi connectivity index (χ4n) is 1.72. The Morgan fingerprint density at radius 3 is 2.29 bits per heavy atom. The highest BCUT2D eigenvalue weighted by Crippen LogP contribution is 2.45. The van der Waals surface area contributed by atoms with Crippen LogP contribution in [0, 0.1) is 11.6 Å². The van der Waals surface area contributed by atoms with Gasteiger partial charge in [0, 0.05) is 5.56 Å². The van der Waals surface area contributed by atoms with Crippen LogP contribution in [0.3, 0.4) is 0 Å². The summed E-state index contributed by atoms with van der Waals surface area (Å²) in [5.41, 5.74) is -1.35. The van der Waals surface area contributed by atoms with Crippen molar-refractivity contribution in [2.45, 2.75) is 24.9 Å². The fourth-order valence-corrected chi connectivity index (χ4v) is 2.04. The number of benzene rings is 1. The summed E-state index contributed by atoms with van der Waals surface area (Å²) < 4.78 is 26.4. The number of rotatable bonds is 1. The first-order chi connectivity index (χ1) is 6.54. The van der Waals surface area contributed by atoms with Crippen LogP contribution in [0.2, 0.25) is 5.02 Å². The lowest BCUT2D eigenvalue weighted by Crippen LogP contribution is -2.35. The van der Waals surface area contributed by atoms with E-state index in [9.17, 15) is 13.9 Å². The van der Waals surface area contributed by atoms with Gasteiger partial charge in [-0.3, -0.25) is 0 Å². The molecule has 0 saturated heterocycles. The molecule has 0 aromatic heterocycles. The highest BCUT2D eigenvalue weighted by Gasteiger charge is 2.40. The van der Waals surface area contributed by atoms with Crippen molar-refractivity contribution in [2.24, 2.45) is 0 Å². The van der Waals surface area contributed by atoms with Crippen LogP contribution in [-0.4, -0.2) is 5.11 Å². The lowest BCUT2D eigenvalue weighted by molar-refractivity contribution is -0.0417. The van der Waals surface area contributed by atoms with Gasteiger partial charge in [0.15, 0.2) is 0 Å². The van der Waals surface area contributed by atoms with Crippen molar-refractivity contribution in [3.05, 3.63) is 34.4 Å². The summed E-state index contributed by atoms with van der Waals surface area (Å²) in [6.45, 7) is 0. The molecule has 0 unspecified atom stereocenters. The van der Waals surface area contributed by atoms with Crippen molar-refractivity contribution in [3.63, 3.8) is 0 Å². The highest BCUT2D eigenvalue weighted by atomic mass is 35.5. The molecule has 0 amide bonds. The molecular formula is C10H9ClF2O. The van der Waals surface area contributed by atoms with E-state index in [1.165, 1.54) is 0 Å². The van der Waals surface area contributed by atoms with Crippen LogP contribution in [0.15, 0.2) is 12.1 Å². The van der Waals surface area contributed by atoms with E-state index in [0.717, 1.165) is 18.6 Å². The Kier molecular flexibility index (Phi) is 2.24. The quantitative estimate of drug-likeness (QED) is 0.719. The van der Waals surface area contributed by atoms with E-state index >= 15 is 0 Å². The third kappa shape index (κ3) is 1.31. The van der Waals surface area contributed by atoms with Gasteiger partial charge in [0.05, 0.1) is 10.6 Å². The van der Waals surface area contributed by atoms with Crippen molar-refractivity contribution in [1.82, 2.24) is 0 Å². The van der Waals surface area contributed by atoms with Gasteiger partial charge in [-0.15, -0.1) is 0 Å². The molecule has 1 aromatic rings. The minimum atomic E-state index is -1.26. The smallest absolute Gasteiger partial charge is 0.142 e. The van der Waals surface area contributed by atoms with Crippen LogP contribution in [0.1, 0.15) is 24.8 Å². The maximum Gasteiger partial charge on any atom is 0.142 e. The first-order valence-electron chi connectivity index (χ1n) is 4.41. The molecule has 0 radical (unpaired) electrons. The highest BCUT2D eigenvalue weighted by molar-refractivity contribution is 6.31. The van der Waals surface area contributed by atoms with Gasteiger partial charge in [-0.2, -0.15) is 0 Å². The molecule has 1 aliphatic carbocycles. The molecule has 1 fully saturated rings. The van der Waals surface area contributed by atoms with Crippen LogP contribution in [0.25, 0.3) is 0 Å². The minimum Gasteiger partial charge on any atom is -0.385 e. The number of halogens is 3. The third-order valence-electron chi connectivity index (χ3n) is 2.69. The Hall–Kier alpha value is -0.670. The molecule has 0 spiro atoms. The molecule has 1 nitrogen and oxygen atoms in total. The first kappa shape index (κ1) is 9.87. The topological polar surface area (TPSA) is 20.2 Å². The molecular weight excluding hydrogens is 210 g/mol. The molecule has 2 rings (SSSR count). The molecule has 1 aliphatic rings. The van der Waals surface area contributed by atoms with Gasteiger partial charge in [0.25, 0.3) is 0 Å². The average molecular weight is 219 g/mol. The van der Waals surface area contributed by atoms with Crippen molar-refractivity contribution in [3.8, 4) is 0 Å². The van der Waals surface area contributed by atoms with E-state index in [4.69, 9.17) is 11.6 Å². The van der Waals surface area contributed by atoms with Gasteiger partial charge in [0.1, 0.15) is 11.6 Å². The second kappa shape index (κ2) is 3.17. The van der Waals surface area contributed by atoms with E-state index in [1.807, 2.05) is 0 Å². The van der Waals surface area contributed by atoms with Crippen LogP contribution >= 0.6 is 11.6 Å². The van der Waals surface area contributed by atoms with E-state index in [-0.39, 0.29) is 10.6 Å². The summed E-state index contributed by atoms with van der Waals surface area (Å²) in [5.74, 6) is -1.33. The Bertz CT molecular complexity index is 375. The summed E-state index contributed by atoms with van der Waals surface area (Å²) >= 11 is 5.62. The van der Waals surface area contributed by atoms with Crippen LogP contribution < -0.4 is 0 Å². The zero-order valence-electron chi connectivity index (χ0n) is 7.36. The molecule has 1 N–H and O–H groups in total. The largest absolute Gasteiger partial charge is 0.385 e. The summed E-state index contributed by atoms with van der Waals surface area (Å²) in [6, 6.07) is 1.95. The molecule has 0 atom stereocenters. The fraction of sp³-hybridized carbons (Fsp3) is 0.400. The molecule has 76 valence electrons. The summed E-state index contributed by atoms with van der Waals surface area (Å²) in [5, 5.41) is 9.58. The zero-order chi connectivity index (χ0) is 10.3. The molecule has 0 heterocycles. The zero-order valence-corrected chi connectivity index (χ0v) is 8.11. The Labute approximate surface area is 85.3 Å². The van der Waals surface area contributed by atoms with Crippen LogP contribution in [0.4, 0.5) is 8.78 Å². The predicted molar refractivity (Wildman–Crippen MR) is 49.1 cm³/mol. The predicted octanol–water partition coefficient (Wildman–Crippen LogP) is 2.99. The van der Waals surface area contributed by atoms with Crippen molar-refractivity contribution in [2.75, 3.05) is 0 Å². The van der Waals surface area contributed by atoms with Gasteiger partial charge in [-0.1, -0.05) is 11.6 Å². The van der Waals surface area contributed by atoms with Gasteiger partial charge < -0.3 is 5.11 Å². The van der Waals surface area contributed by atoms with E-state index in [0.29, 0.717) is 12.8 Å². The second-order valence-corrected chi connectivity index (χ2v) is 3.98. The van der Waals surface area contributed by atoms with Crippen molar-refractivity contribution in [1.29, 1.82) is 0 Å². The van der Waals surface area contributed by atoms with E-state index in [1.54, 1.807) is 0 Å². The third-order valence-corrected chi connectivity index (χ3v) is 3.06. The van der Waals surface area contributed by atoms with Gasteiger partial charge in [-0.25, -0.2) is 8.78 Å². The average Bonchev–Trinajstić information content (AvgIpc) is 2.09. The minimum absolute atomic E-state index is 0.0922. The Morgan fingerprint density at radius 2 is 1.79 bits per heavy atom. The molecule has 4 heteroatoms. The first-order valence-corrected chi connectivity index (χ1v) is 4.79. The molecule has 1 saturated carbocycles. The van der Waals surface area contributed by atoms with Gasteiger partial charge in [-0.05, 0) is 31.4 Å². The SMILES string of the molecule is OC1(c2c(F)ccc(F)c2Cl)CCC1. The summed E-state index contributed by atoms with van der Waals surface area (Å²) in [7, 11) is 0. The summed E-state index contributed by atoms with van der Waals surface area (Å²) in [4.78, 5) is 0. The molecule has 1 aromatic carbocycles. The lowest BCUT2D eigenvalue weighted by Gasteiger charge is -2.37. The lowest BCUT2D eigenvalue weighted by atomic mass is 9.75. The maximum atomic E-state index is 13.3. The number of hydrogen-bond donors (Lipinski definition) is 1. The van der Waals surface area contributed by atoms with Gasteiger partial charge >= 0.3 is 0 Å². The Balaban J connectivity index is 2.56. The molecule has 0 bridgehead atoms. The second-order valence-electron chi connectivity index (χ2n) is 3.60. The van der Waals surface area contributed by atoms with Gasteiger partial charge in [0.2, 0.25) is 0 Å². The normalized spacial score (nSPS) is 19.1. The van der Waals surface area contributed by atoms with Crippen LogP contribution in [-0.2, 0) is 5.60 Å². The van der Waals surface area contributed by atoms with E-state index < -0.39 is 17.2 Å². The molecule has 0 aliphatic heterocycles. The number of aliphatic hydroxyl groups is 1. The standard InChI is InChI=1S/C10H9ClF2O/c11-9-7(13)3-2-6(12)8(9)10(14)4-1-5-10/h2-3,14H,1,4-5H2. The summed E-state index contributed by atoms with van der Waals surface area (Å²) in [6.07, 6.45) is 1.68. The Morgan fingerprint density at radius 1 is 1.21 bits per heavy atom.